The first kappa shape index (κ1) is 19.6. The normalized spacial score (nSPS) is 11.6. The molecular formula is C20H14F2N4O3S. The number of carbonyl (C=O) groups is 1. The fourth-order valence-electron chi connectivity index (χ4n) is 3.08. The van der Waals surface area contributed by atoms with Crippen LogP contribution in [0.3, 0.4) is 0 Å². The molecule has 0 saturated carbocycles. The van der Waals surface area contributed by atoms with Crippen molar-refractivity contribution < 1.29 is 22.0 Å². The smallest absolute Gasteiger partial charge is 0.229 e. The first-order valence-corrected chi connectivity index (χ1v) is 10.5. The minimum atomic E-state index is -3.73. The van der Waals surface area contributed by atoms with Crippen molar-refractivity contribution >= 4 is 32.5 Å². The summed E-state index contributed by atoms with van der Waals surface area (Å²) in [5, 5.41) is 0.387. The highest BCUT2D eigenvalue weighted by molar-refractivity contribution is 7.92. The van der Waals surface area contributed by atoms with Crippen LogP contribution in [-0.4, -0.2) is 35.4 Å². The zero-order chi connectivity index (χ0) is 21.5. The number of sulfonamides is 1. The Hall–Kier alpha value is -3.66. The molecule has 3 aromatic heterocycles. The first-order valence-electron chi connectivity index (χ1n) is 8.62. The third-order valence-electron chi connectivity index (χ3n) is 4.34. The van der Waals surface area contributed by atoms with Crippen LogP contribution in [-0.2, 0) is 10.0 Å². The molecule has 0 unspecified atom stereocenters. The Bertz CT molecular complexity index is 1360. The zero-order valence-corrected chi connectivity index (χ0v) is 16.3. The Morgan fingerprint density at radius 2 is 1.83 bits per heavy atom. The lowest BCUT2D eigenvalue weighted by molar-refractivity contribution is 0.103. The van der Waals surface area contributed by atoms with Crippen molar-refractivity contribution in [2.45, 2.75) is 0 Å². The van der Waals surface area contributed by atoms with E-state index in [1.54, 1.807) is 30.7 Å². The van der Waals surface area contributed by atoms with Crippen LogP contribution in [0.2, 0.25) is 0 Å². The SMILES string of the molecule is CS(=O)(=O)Nc1cc(F)c(C(=O)c2c[nH]c3ncc(-c4cccnc4)cc23)c(F)c1. The summed E-state index contributed by atoms with van der Waals surface area (Å²) in [5.41, 5.74) is 0.746. The van der Waals surface area contributed by atoms with Crippen LogP contribution < -0.4 is 4.72 Å². The van der Waals surface area contributed by atoms with Gasteiger partial charge in [0.15, 0.2) is 0 Å². The second kappa shape index (κ2) is 7.30. The summed E-state index contributed by atoms with van der Waals surface area (Å²) in [7, 11) is -3.73. The Morgan fingerprint density at radius 1 is 1.10 bits per heavy atom. The van der Waals surface area contributed by atoms with Crippen molar-refractivity contribution in [1.82, 2.24) is 15.0 Å². The van der Waals surface area contributed by atoms with Crippen LogP contribution in [0, 0.1) is 11.6 Å². The van der Waals surface area contributed by atoms with Gasteiger partial charge >= 0.3 is 0 Å². The van der Waals surface area contributed by atoms with Crippen LogP contribution in [0.5, 0.6) is 0 Å². The summed E-state index contributed by atoms with van der Waals surface area (Å²) < 4.78 is 53.6. The van der Waals surface area contributed by atoms with Gasteiger partial charge in [0.05, 0.1) is 17.5 Å². The molecule has 0 fully saturated rings. The molecule has 3 heterocycles. The highest BCUT2D eigenvalue weighted by atomic mass is 32.2. The van der Waals surface area contributed by atoms with E-state index in [2.05, 4.69) is 15.0 Å². The fourth-order valence-corrected chi connectivity index (χ4v) is 3.63. The summed E-state index contributed by atoms with van der Waals surface area (Å²) >= 11 is 0. The van der Waals surface area contributed by atoms with Crippen molar-refractivity contribution in [2.24, 2.45) is 0 Å². The van der Waals surface area contributed by atoms with Gasteiger partial charge in [0.1, 0.15) is 17.3 Å². The van der Waals surface area contributed by atoms with Crippen LogP contribution in [0.4, 0.5) is 14.5 Å². The monoisotopic (exact) mass is 428 g/mol. The molecule has 0 aliphatic heterocycles. The van der Waals surface area contributed by atoms with Gasteiger partial charge in [-0.15, -0.1) is 0 Å². The predicted molar refractivity (Wildman–Crippen MR) is 108 cm³/mol. The lowest BCUT2D eigenvalue weighted by atomic mass is 10.0. The molecule has 0 amide bonds. The van der Waals surface area contributed by atoms with E-state index in [1.807, 2.05) is 10.8 Å². The van der Waals surface area contributed by atoms with Gasteiger partial charge in [0.2, 0.25) is 15.8 Å². The van der Waals surface area contributed by atoms with Crippen molar-refractivity contribution in [2.75, 3.05) is 11.0 Å². The molecule has 0 spiro atoms. The Labute approximate surface area is 169 Å². The van der Waals surface area contributed by atoms with Crippen molar-refractivity contribution in [3.8, 4) is 11.1 Å². The van der Waals surface area contributed by atoms with Crippen LogP contribution in [0.1, 0.15) is 15.9 Å². The Kier molecular flexibility index (Phi) is 4.78. The second-order valence-corrected chi connectivity index (χ2v) is 8.33. The number of rotatable bonds is 5. The molecular weight excluding hydrogens is 414 g/mol. The Balaban J connectivity index is 1.78. The largest absolute Gasteiger partial charge is 0.345 e. The maximum absolute atomic E-state index is 14.5. The number of hydrogen-bond acceptors (Lipinski definition) is 5. The molecule has 0 aliphatic carbocycles. The average molecular weight is 428 g/mol. The molecule has 0 radical (unpaired) electrons. The van der Waals surface area contributed by atoms with E-state index >= 15 is 0 Å². The minimum Gasteiger partial charge on any atom is -0.345 e. The minimum absolute atomic E-state index is 0.0323. The quantitative estimate of drug-likeness (QED) is 0.474. The standard InChI is InChI=1S/C20H14F2N4O3S/c1-30(28,29)26-13-6-16(21)18(17(22)7-13)19(27)15-10-25-20-14(15)5-12(9-24-20)11-3-2-4-23-8-11/h2-10,26H,1H3,(H,24,25). The van der Waals surface area contributed by atoms with E-state index in [9.17, 15) is 22.0 Å². The highest BCUT2D eigenvalue weighted by Gasteiger charge is 2.24. The molecule has 0 bridgehead atoms. The number of fused-ring (bicyclic) bond motifs is 1. The van der Waals surface area contributed by atoms with Gasteiger partial charge in [0, 0.05) is 46.9 Å². The van der Waals surface area contributed by atoms with E-state index in [0.29, 0.717) is 16.6 Å². The molecule has 10 heteroatoms. The number of anilines is 1. The van der Waals surface area contributed by atoms with Crippen LogP contribution >= 0.6 is 0 Å². The highest BCUT2D eigenvalue weighted by Crippen LogP contribution is 2.28. The van der Waals surface area contributed by atoms with Gasteiger partial charge in [-0.05, 0) is 24.3 Å². The predicted octanol–water partition coefficient (Wildman–Crippen LogP) is 3.51. The Morgan fingerprint density at radius 3 is 2.47 bits per heavy atom. The number of hydrogen-bond donors (Lipinski definition) is 2. The van der Waals surface area contributed by atoms with E-state index in [1.165, 1.54) is 6.20 Å². The molecule has 0 atom stereocenters. The summed E-state index contributed by atoms with van der Waals surface area (Å²) in [5.74, 6) is -3.26. The van der Waals surface area contributed by atoms with Gasteiger partial charge < -0.3 is 4.98 Å². The van der Waals surface area contributed by atoms with Gasteiger partial charge in [-0.3, -0.25) is 14.5 Å². The van der Waals surface area contributed by atoms with Crippen LogP contribution in [0.25, 0.3) is 22.2 Å². The third-order valence-corrected chi connectivity index (χ3v) is 4.95. The number of halogens is 2. The molecule has 1 aromatic carbocycles. The third kappa shape index (κ3) is 3.77. The van der Waals surface area contributed by atoms with E-state index < -0.39 is 33.0 Å². The van der Waals surface area contributed by atoms with Crippen molar-refractivity contribution in [1.29, 1.82) is 0 Å². The number of carbonyl (C=O) groups excluding carboxylic acids is 1. The van der Waals surface area contributed by atoms with Gasteiger partial charge in [-0.25, -0.2) is 22.2 Å². The number of nitrogens with zero attached hydrogens (tertiary/aromatic N) is 2. The summed E-state index contributed by atoms with van der Waals surface area (Å²) in [6.07, 6.45) is 7.02. The second-order valence-electron chi connectivity index (χ2n) is 6.58. The molecule has 7 nitrogen and oxygen atoms in total. The van der Waals surface area contributed by atoms with Gasteiger partial charge in [0.25, 0.3) is 0 Å². The van der Waals surface area contributed by atoms with E-state index in [0.717, 1.165) is 24.0 Å². The zero-order valence-electron chi connectivity index (χ0n) is 15.5. The lowest BCUT2D eigenvalue weighted by Crippen LogP contribution is -2.12. The molecule has 2 N–H and O–H groups in total. The maximum atomic E-state index is 14.5. The fraction of sp³-hybridized carbons (Fsp3) is 0.0500. The van der Waals surface area contributed by atoms with E-state index in [4.69, 9.17) is 0 Å². The molecule has 0 saturated heterocycles. The topological polar surface area (TPSA) is 105 Å². The number of ketones is 1. The maximum Gasteiger partial charge on any atom is 0.229 e. The summed E-state index contributed by atoms with van der Waals surface area (Å²) in [6, 6.07) is 6.76. The van der Waals surface area contributed by atoms with Crippen molar-refractivity contribution in [3.63, 3.8) is 0 Å². The first-order chi connectivity index (χ1) is 14.2. The molecule has 30 heavy (non-hydrogen) atoms. The van der Waals surface area contributed by atoms with E-state index in [-0.39, 0.29) is 11.3 Å². The molecule has 0 aliphatic rings. The number of H-pyrrole nitrogens is 1. The lowest BCUT2D eigenvalue weighted by Gasteiger charge is -2.08. The summed E-state index contributed by atoms with van der Waals surface area (Å²) in [4.78, 5) is 24.0. The van der Waals surface area contributed by atoms with Crippen LogP contribution in [0.15, 0.2) is 55.1 Å². The number of benzene rings is 1. The molecule has 4 aromatic rings. The van der Waals surface area contributed by atoms with Gasteiger partial charge in [-0.2, -0.15) is 0 Å². The average Bonchev–Trinajstić information content (AvgIpc) is 3.10. The molecule has 4 rings (SSSR count). The number of aromatic nitrogens is 3. The number of pyridine rings is 2. The van der Waals surface area contributed by atoms with Crippen molar-refractivity contribution in [3.05, 3.63) is 77.9 Å². The summed E-state index contributed by atoms with van der Waals surface area (Å²) in [6.45, 7) is 0. The number of nitrogens with one attached hydrogen (secondary N) is 2. The number of aromatic amines is 1. The molecule has 152 valence electrons. The van der Waals surface area contributed by atoms with Gasteiger partial charge in [-0.1, -0.05) is 6.07 Å².